The normalized spacial score (nSPS) is 10.8. The summed E-state index contributed by atoms with van der Waals surface area (Å²) < 4.78 is 13.9. The van der Waals surface area contributed by atoms with E-state index >= 15 is 0 Å². The molecule has 0 radical (unpaired) electrons. The molecule has 0 unspecified atom stereocenters. The van der Waals surface area contributed by atoms with Crippen LogP contribution < -0.4 is 0 Å². The van der Waals surface area contributed by atoms with Crippen LogP contribution in [-0.4, -0.2) is 10.8 Å². The quantitative estimate of drug-likeness (QED) is 0.674. The molecule has 3 heteroatoms. The summed E-state index contributed by atoms with van der Waals surface area (Å²) in [5.74, 6) is -0.377. The fourth-order valence-corrected chi connectivity index (χ4v) is 2.33. The predicted molar refractivity (Wildman–Crippen MR) is 81.0 cm³/mol. The number of carbonyl (C=O) groups excluding carboxylic acids is 1. The molecule has 0 bridgehead atoms. The molecule has 2 nitrogen and oxygen atoms in total. The Morgan fingerprint density at radius 3 is 2.71 bits per heavy atom. The maximum atomic E-state index is 13.9. The fraction of sp³-hybridized carbons (Fsp3) is 0.111. The minimum Gasteiger partial charge on any atom is -0.295 e. The van der Waals surface area contributed by atoms with Crippen LogP contribution >= 0.6 is 0 Å². The van der Waals surface area contributed by atoms with E-state index in [-0.39, 0.29) is 11.6 Å². The summed E-state index contributed by atoms with van der Waals surface area (Å²) in [6, 6.07) is 16.1. The van der Waals surface area contributed by atoms with Gasteiger partial charge in [0, 0.05) is 23.1 Å². The standard InChI is InChI=1S/C18H14FNO/c1-12(21)14-7-9-17(19)15(10-14)11-16-8-6-13-4-2-3-5-18(13)20-16/h2-10H,11H2,1H3. The van der Waals surface area contributed by atoms with Crippen molar-refractivity contribution < 1.29 is 9.18 Å². The molecular weight excluding hydrogens is 265 g/mol. The van der Waals surface area contributed by atoms with Gasteiger partial charge >= 0.3 is 0 Å². The number of hydrogen-bond acceptors (Lipinski definition) is 2. The van der Waals surface area contributed by atoms with Crippen LogP contribution in [-0.2, 0) is 6.42 Å². The van der Waals surface area contributed by atoms with E-state index in [0.717, 1.165) is 16.6 Å². The third-order valence-electron chi connectivity index (χ3n) is 3.48. The second-order valence-corrected chi connectivity index (χ2v) is 5.03. The monoisotopic (exact) mass is 279 g/mol. The average molecular weight is 279 g/mol. The van der Waals surface area contributed by atoms with Gasteiger partial charge in [-0.1, -0.05) is 24.3 Å². The molecular formula is C18H14FNO. The van der Waals surface area contributed by atoms with Crippen molar-refractivity contribution >= 4 is 16.7 Å². The molecule has 0 aliphatic carbocycles. The van der Waals surface area contributed by atoms with E-state index in [0.29, 0.717) is 17.5 Å². The number of ketones is 1. The Kier molecular flexibility index (Phi) is 3.48. The summed E-state index contributed by atoms with van der Waals surface area (Å²) in [6.45, 7) is 1.48. The Bertz CT molecular complexity index is 826. The van der Waals surface area contributed by atoms with Gasteiger partial charge in [0.1, 0.15) is 5.82 Å². The van der Waals surface area contributed by atoms with E-state index in [1.165, 1.54) is 19.1 Å². The third kappa shape index (κ3) is 2.82. The molecule has 1 heterocycles. The van der Waals surface area contributed by atoms with Crippen molar-refractivity contribution in [3.8, 4) is 0 Å². The number of carbonyl (C=O) groups is 1. The Hall–Kier alpha value is -2.55. The lowest BCUT2D eigenvalue weighted by Gasteiger charge is -2.06. The van der Waals surface area contributed by atoms with Gasteiger partial charge in [-0.25, -0.2) is 4.39 Å². The van der Waals surface area contributed by atoms with E-state index in [2.05, 4.69) is 4.98 Å². The largest absolute Gasteiger partial charge is 0.295 e. The number of hydrogen-bond donors (Lipinski definition) is 0. The second kappa shape index (κ2) is 5.44. The van der Waals surface area contributed by atoms with E-state index in [1.807, 2.05) is 36.4 Å². The highest BCUT2D eigenvalue weighted by Crippen LogP contribution is 2.17. The zero-order chi connectivity index (χ0) is 14.8. The first-order chi connectivity index (χ1) is 10.1. The van der Waals surface area contributed by atoms with Gasteiger partial charge < -0.3 is 0 Å². The summed E-state index contributed by atoms with van der Waals surface area (Å²) in [6.07, 6.45) is 0.373. The maximum Gasteiger partial charge on any atom is 0.159 e. The highest BCUT2D eigenvalue weighted by molar-refractivity contribution is 5.94. The van der Waals surface area contributed by atoms with Gasteiger partial charge in [0.25, 0.3) is 0 Å². The number of pyridine rings is 1. The maximum absolute atomic E-state index is 13.9. The molecule has 3 rings (SSSR count). The first kappa shape index (κ1) is 13.4. The number of nitrogens with zero attached hydrogens (tertiary/aromatic N) is 1. The van der Waals surface area contributed by atoms with Crippen LogP contribution in [0.4, 0.5) is 4.39 Å². The molecule has 1 aromatic heterocycles. The number of halogens is 1. The Balaban J connectivity index is 1.98. The molecule has 0 N–H and O–H groups in total. The molecule has 0 aliphatic rings. The van der Waals surface area contributed by atoms with Gasteiger partial charge in [-0.15, -0.1) is 0 Å². The zero-order valence-corrected chi connectivity index (χ0v) is 11.6. The molecule has 0 amide bonds. The Morgan fingerprint density at radius 2 is 1.90 bits per heavy atom. The Morgan fingerprint density at radius 1 is 1.10 bits per heavy atom. The van der Waals surface area contributed by atoms with Gasteiger partial charge in [0.2, 0.25) is 0 Å². The molecule has 0 saturated heterocycles. The van der Waals surface area contributed by atoms with Crippen LogP contribution in [0.25, 0.3) is 10.9 Å². The van der Waals surface area contributed by atoms with Crippen molar-refractivity contribution in [2.24, 2.45) is 0 Å². The molecule has 104 valence electrons. The summed E-state index contributed by atoms with van der Waals surface area (Å²) in [7, 11) is 0. The molecule has 2 aromatic carbocycles. The van der Waals surface area contributed by atoms with Crippen LogP contribution in [0.2, 0.25) is 0 Å². The van der Waals surface area contributed by atoms with Crippen molar-refractivity contribution in [1.29, 1.82) is 0 Å². The topological polar surface area (TPSA) is 30.0 Å². The van der Waals surface area contributed by atoms with Crippen LogP contribution in [0.1, 0.15) is 28.5 Å². The second-order valence-electron chi connectivity index (χ2n) is 5.03. The van der Waals surface area contributed by atoms with E-state index in [4.69, 9.17) is 0 Å². The summed E-state index contributed by atoms with van der Waals surface area (Å²) in [4.78, 5) is 15.9. The highest BCUT2D eigenvalue weighted by Gasteiger charge is 2.08. The highest BCUT2D eigenvalue weighted by atomic mass is 19.1. The molecule has 0 saturated carbocycles. The first-order valence-corrected chi connectivity index (χ1v) is 6.77. The number of aromatic nitrogens is 1. The smallest absolute Gasteiger partial charge is 0.159 e. The zero-order valence-electron chi connectivity index (χ0n) is 11.6. The summed E-state index contributed by atoms with van der Waals surface area (Å²) in [5, 5.41) is 1.05. The molecule has 0 aliphatic heterocycles. The van der Waals surface area contributed by atoms with Crippen molar-refractivity contribution in [1.82, 2.24) is 4.98 Å². The van der Waals surface area contributed by atoms with Crippen LogP contribution in [0.5, 0.6) is 0 Å². The number of Topliss-reactive ketones (excluding diaryl/α,β-unsaturated/α-hetero) is 1. The number of para-hydroxylation sites is 1. The van der Waals surface area contributed by atoms with Crippen molar-refractivity contribution in [3.05, 3.63) is 77.2 Å². The van der Waals surface area contributed by atoms with E-state index < -0.39 is 0 Å². The van der Waals surface area contributed by atoms with Gasteiger partial charge in [-0.2, -0.15) is 0 Å². The number of rotatable bonds is 3. The van der Waals surface area contributed by atoms with Crippen LogP contribution in [0.15, 0.2) is 54.6 Å². The SMILES string of the molecule is CC(=O)c1ccc(F)c(Cc2ccc3ccccc3n2)c1. The lowest BCUT2D eigenvalue weighted by atomic mass is 10.0. The lowest BCUT2D eigenvalue weighted by Crippen LogP contribution is -2.00. The minimum absolute atomic E-state index is 0.0669. The lowest BCUT2D eigenvalue weighted by molar-refractivity contribution is 0.101. The van der Waals surface area contributed by atoms with Crippen molar-refractivity contribution in [2.75, 3.05) is 0 Å². The Labute approximate surface area is 122 Å². The summed E-state index contributed by atoms with van der Waals surface area (Å²) >= 11 is 0. The van der Waals surface area contributed by atoms with Crippen molar-refractivity contribution in [2.45, 2.75) is 13.3 Å². The number of benzene rings is 2. The van der Waals surface area contributed by atoms with Gasteiger partial charge in [0.15, 0.2) is 5.78 Å². The molecule has 0 atom stereocenters. The van der Waals surface area contributed by atoms with E-state index in [1.54, 1.807) is 6.07 Å². The molecule has 21 heavy (non-hydrogen) atoms. The molecule has 3 aromatic rings. The minimum atomic E-state index is -0.310. The number of fused-ring (bicyclic) bond motifs is 1. The van der Waals surface area contributed by atoms with Crippen molar-refractivity contribution in [3.63, 3.8) is 0 Å². The van der Waals surface area contributed by atoms with Crippen LogP contribution in [0, 0.1) is 5.82 Å². The van der Waals surface area contributed by atoms with Gasteiger partial charge in [-0.3, -0.25) is 9.78 Å². The van der Waals surface area contributed by atoms with Gasteiger partial charge in [0.05, 0.1) is 5.52 Å². The first-order valence-electron chi connectivity index (χ1n) is 6.77. The molecule has 0 fully saturated rings. The van der Waals surface area contributed by atoms with Crippen LogP contribution in [0.3, 0.4) is 0 Å². The predicted octanol–water partition coefficient (Wildman–Crippen LogP) is 4.17. The summed E-state index contributed by atoms with van der Waals surface area (Å²) in [5.41, 5.74) is 2.68. The van der Waals surface area contributed by atoms with E-state index in [9.17, 15) is 9.18 Å². The van der Waals surface area contributed by atoms with Gasteiger partial charge in [-0.05, 0) is 42.8 Å². The average Bonchev–Trinajstić information content (AvgIpc) is 2.49. The fourth-order valence-electron chi connectivity index (χ4n) is 2.33. The molecule has 0 spiro atoms. The third-order valence-corrected chi connectivity index (χ3v) is 3.48.